The molecule has 0 aliphatic carbocycles. The number of nitrogens with zero attached hydrogens (tertiary/aromatic N) is 4. The average Bonchev–Trinajstić information content (AvgIpc) is 2.70. The Bertz CT molecular complexity index is 536. The number of nitriles is 1. The quantitative estimate of drug-likeness (QED) is 0.742. The molecule has 2 aromatic rings. The van der Waals surface area contributed by atoms with Crippen LogP contribution in [-0.2, 0) is 0 Å². The van der Waals surface area contributed by atoms with Crippen molar-refractivity contribution in [3.05, 3.63) is 35.7 Å². The molecule has 0 unspecified atom stereocenters. The first-order valence-electron chi connectivity index (χ1n) is 4.73. The van der Waals surface area contributed by atoms with Crippen LogP contribution in [0, 0.1) is 18.3 Å². The molecule has 0 bridgehead atoms. The van der Waals surface area contributed by atoms with Gasteiger partial charge in [0, 0.05) is 5.69 Å². The van der Waals surface area contributed by atoms with Gasteiger partial charge in [-0.1, -0.05) is 11.8 Å². The molecule has 0 saturated carbocycles. The highest BCUT2D eigenvalue weighted by atomic mass is 32.2. The summed E-state index contributed by atoms with van der Waals surface area (Å²) in [5, 5.41) is 17.7. The lowest BCUT2D eigenvalue weighted by Crippen LogP contribution is -1.98. The van der Waals surface area contributed by atoms with Crippen LogP contribution >= 0.6 is 11.8 Å². The minimum absolute atomic E-state index is 0.653. The van der Waals surface area contributed by atoms with Crippen LogP contribution in [0.15, 0.2) is 29.4 Å². The van der Waals surface area contributed by atoms with Gasteiger partial charge in [-0.05, 0) is 37.4 Å². The fourth-order valence-electron chi connectivity index (χ4n) is 1.46. The Kier molecular flexibility index (Phi) is 2.93. The lowest BCUT2D eigenvalue weighted by Gasteiger charge is -2.06. The maximum absolute atomic E-state index is 8.73. The second-order valence-electron chi connectivity index (χ2n) is 3.23. The summed E-state index contributed by atoms with van der Waals surface area (Å²) >= 11 is 1.55. The number of aromatic nitrogens is 3. The largest absolute Gasteiger partial charge is 0.274 e. The van der Waals surface area contributed by atoms with Crippen LogP contribution in [0.1, 0.15) is 11.4 Å². The highest BCUT2D eigenvalue weighted by Crippen LogP contribution is 2.19. The lowest BCUT2D eigenvalue weighted by atomic mass is 10.2. The molecule has 1 heterocycles. The van der Waals surface area contributed by atoms with E-state index < -0.39 is 0 Å². The Morgan fingerprint density at radius 3 is 2.50 bits per heavy atom. The zero-order valence-corrected chi connectivity index (χ0v) is 9.82. The molecule has 0 aliphatic heterocycles. The highest BCUT2D eigenvalue weighted by molar-refractivity contribution is 7.98. The molecule has 0 radical (unpaired) electrons. The van der Waals surface area contributed by atoms with Crippen LogP contribution in [-0.4, -0.2) is 21.0 Å². The van der Waals surface area contributed by atoms with E-state index in [9.17, 15) is 0 Å². The van der Waals surface area contributed by atoms with Crippen LogP contribution in [0.5, 0.6) is 0 Å². The van der Waals surface area contributed by atoms with E-state index in [0.29, 0.717) is 5.56 Å². The summed E-state index contributed by atoms with van der Waals surface area (Å²) in [6, 6.07) is 9.47. The summed E-state index contributed by atoms with van der Waals surface area (Å²) in [7, 11) is 0. The molecular weight excluding hydrogens is 220 g/mol. The van der Waals surface area contributed by atoms with Crippen molar-refractivity contribution < 1.29 is 0 Å². The van der Waals surface area contributed by atoms with Gasteiger partial charge in [-0.25, -0.2) is 0 Å². The molecule has 0 saturated heterocycles. The third-order valence-corrected chi connectivity index (χ3v) is 2.86. The third kappa shape index (κ3) is 1.79. The van der Waals surface area contributed by atoms with E-state index in [0.717, 1.165) is 16.7 Å². The van der Waals surface area contributed by atoms with Crippen molar-refractivity contribution >= 4 is 11.8 Å². The number of aryl methyl sites for hydroxylation is 1. The third-order valence-electron chi connectivity index (χ3n) is 2.23. The molecular formula is C11H10N4S. The molecule has 4 nitrogen and oxygen atoms in total. The summed E-state index contributed by atoms with van der Waals surface area (Å²) in [6.07, 6.45) is 1.96. The zero-order valence-electron chi connectivity index (χ0n) is 9.01. The van der Waals surface area contributed by atoms with Gasteiger partial charge in [0.25, 0.3) is 0 Å². The standard InChI is InChI=1S/C11H10N4S/c1-8-13-14-11(16-2)15(8)10-5-3-9(7-12)4-6-10/h3-6H,1-2H3. The molecule has 5 heteroatoms. The second kappa shape index (κ2) is 4.37. The number of benzene rings is 1. The number of hydrogen-bond donors (Lipinski definition) is 0. The normalized spacial score (nSPS) is 10.1. The Morgan fingerprint density at radius 2 is 1.94 bits per heavy atom. The van der Waals surface area contributed by atoms with Gasteiger partial charge in [0.15, 0.2) is 5.16 Å². The predicted molar refractivity (Wildman–Crippen MR) is 62.6 cm³/mol. The van der Waals surface area contributed by atoms with Crippen molar-refractivity contribution in [3.63, 3.8) is 0 Å². The molecule has 0 spiro atoms. The first-order valence-corrected chi connectivity index (χ1v) is 5.95. The molecule has 0 atom stereocenters. The number of hydrogen-bond acceptors (Lipinski definition) is 4. The Labute approximate surface area is 97.9 Å². The van der Waals surface area contributed by atoms with Crippen LogP contribution in [0.3, 0.4) is 0 Å². The summed E-state index contributed by atoms with van der Waals surface area (Å²) in [5.74, 6) is 0.842. The van der Waals surface area contributed by atoms with E-state index in [4.69, 9.17) is 5.26 Å². The maximum atomic E-state index is 8.73. The van der Waals surface area contributed by atoms with Crippen LogP contribution in [0.4, 0.5) is 0 Å². The van der Waals surface area contributed by atoms with E-state index in [1.54, 1.807) is 23.9 Å². The molecule has 0 amide bonds. The van der Waals surface area contributed by atoms with Gasteiger partial charge in [0.1, 0.15) is 5.82 Å². The van der Waals surface area contributed by atoms with E-state index in [2.05, 4.69) is 16.3 Å². The van der Waals surface area contributed by atoms with Crippen LogP contribution in [0.25, 0.3) is 5.69 Å². The minimum atomic E-state index is 0.653. The summed E-state index contributed by atoms with van der Waals surface area (Å²) < 4.78 is 1.96. The van der Waals surface area contributed by atoms with Crippen molar-refractivity contribution in [1.29, 1.82) is 5.26 Å². The van der Waals surface area contributed by atoms with E-state index in [-0.39, 0.29) is 0 Å². The smallest absolute Gasteiger partial charge is 0.195 e. The molecule has 1 aromatic carbocycles. The van der Waals surface area contributed by atoms with Gasteiger partial charge in [0.2, 0.25) is 0 Å². The molecule has 80 valence electrons. The van der Waals surface area contributed by atoms with Crippen molar-refractivity contribution in [3.8, 4) is 11.8 Å². The summed E-state index contributed by atoms with van der Waals surface area (Å²) in [6.45, 7) is 1.91. The van der Waals surface area contributed by atoms with Crippen LogP contribution in [0.2, 0.25) is 0 Å². The van der Waals surface area contributed by atoms with Crippen molar-refractivity contribution in [1.82, 2.24) is 14.8 Å². The molecule has 16 heavy (non-hydrogen) atoms. The monoisotopic (exact) mass is 230 g/mol. The molecule has 0 fully saturated rings. The SMILES string of the molecule is CSc1nnc(C)n1-c1ccc(C#N)cc1. The van der Waals surface area contributed by atoms with Gasteiger partial charge in [0.05, 0.1) is 11.6 Å². The van der Waals surface area contributed by atoms with Crippen LogP contribution < -0.4 is 0 Å². The molecule has 2 rings (SSSR count). The Balaban J connectivity index is 2.50. The first-order chi connectivity index (χ1) is 7.76. The summed E-state index contributed by atoms with van der Waals surface area (Å²) in [5.41, 5.74) is 1.63. The molecule has 0 aliphatic rings. The van der Waals surface area contributed by atoms with E-state index in [1.165, 1.54) is 0 Å². The fraction of sp³-hybridized carbons (Fsp3) is 0.182. The lowest BCUT2D eigenvalue weighted by molar-refractivity contribution is 0.870. The minimum Gasteiger partial charge on any atom is -0.274 e. The highest BCUT2D eigenvalue weighted by Gasteiger charge is 2.09. The summed E-state index contributed by atoms with van der Waals surface area (Å²) in [4.78, 5) is 0. The average molecular weight is 230 g/mol. The maximum Gasteiger partial charge on any atom is 0.195 e. The Morgan fingerprint density at radius 1 is 1.25 bits per heavy atom. The topological polar surface area (TPSA) is 54.5 Å². The van der Waals surface area contributed by atoms with Crippen molar-refractivity contribution in [2.75, 3.05) is 6.26 Å². The van der Waals surface area contributed by atoms with E-state index >= 15 is 0 Å². The van der Waals surface area contributed by atoms with Crippen molar-refractivity contribution in [2.24, 2.45) is 0 Å². The van der Waals surface area contributed by atoms with Gasteiger partial charge >= 0.3 is 0 Å². The Hall–Kier alpha value is -1.80. The van der Waals surface area contributed by atoms with Crippen molar-refractivity contribution in [2.45, 2.75) is 12.1 Å². The van der Waals surface area contributed by atoms with Gasteiger partial charge in [-0.15, -0.1) is 10.2 Å². The van der Waals surface area contributed by atoms with Gasteiger partial charge in [-0.2, -0.15) is 5.26 Å². The predicted octanol–water partition coefficient (Wildman–Crippen LogP) is 2.17. The number of rotatable bonds is 2. The zero-order chi connectivity index (χ0) is 11.5. The van der Waals surface area contributed by atoms with Gasteiger partial charge in [-0.3, -0.25) is 4.57 Å². The first kappa shape index (κ1) is 10.7. The van der Waals surface area contributed by atoms with E-state index in [1.807, 2.05) is 29.9 Å². The molecule has 0 N–H and O–H groups in total. The second-order valence-corrected chi connectivity index (χ2v) is 4.00. The number of thioether (sulfide) groups is 1. The molecule has 1 aromatic heterocycles. The van der Waals surface area contributed by atoms with Gasteiger partial charge < -0.3 is 0 Å². The fourth-order valence-corrected chi connectivity index (χ4v) is 2.00.